The third-order valence-corrected chi connectivity index (χ3v) is 7.04. The van der Waals surface area contributed by atoms with Gasteiger partial charge in [-0.05, 0) is 76.9 Å². The maximum atomic E-state index is 13.7. The van der Waals surface area contributed by atoms with E-state index >= 15 is 0 Å². The zero-order valence-corrected chi connectivity index (χ0v) is 21.2. The average molecular weight is 588 g/mol. The number of imide groups is 1. The lowest BCUT2D eigenvalue weighted by Crippen LogP contribution is -2.37. The predicted octanol–water partition coefficient (Wildman–Crippen LogP) is 5.37. The third kappa shape index (κ3) is 3.77. The molecule has 2 fully saturated rings. The summed E-state index contributed by atoms with van der Waals surface area (Å²) < 4.78 is 6.88. The first kappa shape index (κ1) is 22.9. The monoisotopic (exact) mass is 586 g/mol. The Kier molecular flexibility index (Phi) is 6.09. The Hall–Kier alpha value is -2.88. The fourth-order valence-electron chi connectivity index (χ4n) is 4.43. The molecular weight excluding hydrogens is 568 g/mol. The maximum absolute atomic E-state index is 13.7. The number of para-hydroxylation sites is 1. The van der Waals surface area contributed by atoms with Crippen LogP contribution in [0.15, 0.2) is 75.7 Å². The quantitative estimate of drug-likeness (QED) is 0.405. The molecule has 3 aromatic rings. The summed E-state index contributed by atoms with van der Waals surface area (Å²) in [4.78, 5) is 34.4. The number of rotatable bonds is 5. The summed E-state index contributed by atoms with van der Waals surface area (Å²) in [6.45, 7) is 2.17. The molecule has 5 rings (SSSR count). The number of hydroxylamine groups is 1. The first-order chi connectivity index (χ1) is 16.4. The molecule has 0 radical (unpaired) electrons. The second kappa shape index (κ2) is 9.05. The lowest BCUT2D eigenvalue weighted by atomic mass is 9.90. The lowest BCUT2D eigenvalue weighted by molar-refractivity contribution is -0.126. The average Bonchev–Trinajstić information content (AvgIpc) is 3.34. The van der Waals surface area contributed by atoms with Gasteiger partial charge in [0.15, 0.2) is 17.6 Å². The molecule has 174 valence electrons. The van der Waals surface area contributed by atoms with Gasteiger partial charge in [-0.25, -0.2) is 9.96 Å². The van der Waals surface area contributed by atoms with Gasteiger partial charge >= 0.3 is 0 Å². The van der Waals surface area contributed by atoms with Gasteiger partial charge in [-0.3, -0.25) is 14.4 Å². The molecule has 0 aliphatic carbocycles. The number of phenols is 1. The van der Waals surface area contributed by atoms with Crippen LogP contribution in [-0.2, 0) is 14.4 Å². The fourth-order valence-corrected chi connectivity index (χ4v) is 5.15. The van der Waals surface area contributed by atoms with Crippen LogP contribution in [0.25, 0.3) is 0 Å². The van der Waals surface area contributed by atoms with Crippen LogP contribution in [0.2, 0.25) is 0 Å². The van der Waals surface area contributed by atoms with Gasteiger partial charge in [-0.2, -0.15) is 0 Å². The van der Waals surface area contributed by atoms with E-state index in [1.165, 1.54) is 4.90 Å². The molecule has 2 aliphatic rings. The highest BCUT2D eigenvalue weighted by molar-refractivity contribution is 9.10. The number of benzene rings is 3. The molecule has 3 aromatic carbocycles. The standard InChI is InChI=1S/C25H20Br2N2O5/c1-2-33-19-13-14(12-18(27)22(19)30)21-20-23(34-29(21)17-6-4-3-5-7-17)25(32)28(24(20)31)16-10-8-15(26)9-11-16/h3-13,20-21,23,30H,2H2,1H3/t20-,21+,23-/m0/s1. The number of carbonyl (C=O) groups excluding carboxylic acids is 2. The Morgan fingerprint density at radius 2 is 1.68 bits per heavy atom. The molecule has 0 spiro atoms. The van der Waals surface area contributed by atoms with Crippen molar-refractivity contribution in [2.45, 2.75) is 19.1 Å². The van der Waals surface area contributed by atoms with Crippen molar-refractivity contribution in [1.29, 1.82) is 0 Å². The Labute approximate surface area is 213 Å². The Balaban J connectivity index is 1.62. The number of anilines is 2. The van der Waals surface area contributed by atoms with Crippen LogP contribution in [-0.4, -0.2) is 29.6 Å². The molecule has 2 heterocycles. The summed E-state index contributed by atoms with van der Waals surface area (Å²) in [6, 6.07) is 19.1. The lowest BCUT2D eigenvalue weighted by Gasteiger charge is -2.29. The zero-order valence-electron chi connectivity index (χ0n) is 18.0. The van der Waals surface area contributed by atoms with E-state index < -0.39 is 24.0 Å². The first-order valence-corrected chi connectivity index (χ1v) is 12.3. The topological polar surface area (TPSA) is 79.3 Å². The molecule has 0 aromatic heterocycles. The third-order valence-electron chi connectivity index (χ3n) is 5.90. The molecule has 2 aliphatic heterocycles. The molecule has 34 heavy (non-hydrogen) atoms. The molecule has 2 amide bonds. The second-order valence-corrected chi connectivity index (χ2v) is 9.70. The van der Waals surface area contributed by atoms with E-state index in [0.717, 1.165) is 4.47 Å². The van der Waals surface area contributed by atoms with Crippen molar-refractivity contribution in [3.8, 4) is 11.5 Å². The van der Waals surface area contributed by atoms with Crippen molar-refractivity contribution in [2.24, 2.45) is 5.92 Å². The van der Waals surface area contributed by atoms with Crippen LogP contribution < -0.4 is 14.7 Å². The van der Waals surface area contributed by atoms with Gasteiger partial charge in [0.1, 0.15) is 5.92 Å². The van der Waals surface area contributed by atoms with Crippen molar-refractivity contribution in [3.05, 3.63) is 81.2 Å². The normalized spacial score (nSPS) is 21.8. The van der Waals surface area contributed by atoms with E-state index in [4.69, 9.17) is 9.57 Å². The number of carbonyl (C=O) groups is 2. The summed E-state index contributed by atoms with van der Waals surface area (Å²) in [5.41, 5.74) is 1.87. The van der Waals surface area contributed by atoms with Crippen LogP contribution in [0, 0.1) is 5.92 Å². The number of nitrogens with zero attached hydrogens (tertiary/aromatic N) is 2. The van der Waals surface area contributed by atoms with Gasteiger partial charge < -0.3 is 9.84 Å². The highest BCUT2D eigenvalue weighted by Gasteiger charge is 2.60. The molecule has 0 saturated carbocycles. The summed E-state index contributed by atoms with van der Waals surface area (Å²) in [7, 11) is 0. The fraction of sp³-hybridized carbons (Fsp3) is 0.200. The van der Waals surface area contributed by atoms with Gasteiger partial charge in [0.2, 0.25) is 5.91 Å². The van der Waals surface area contributed by atoms with Crippen molar-refractivity contribution in [1.82, 2.24) is 0 Å². The van der Waals surface area contributed by atoms with Crippen molar-refractivity contribution in [3.63, 3.8) is 0 Å². The Morgan fingerprint density at radius 1 is 0.971 bits per heavy atom. The summed E-state index contributed by atoms with van der Waals surface area (Å²) in [5, 5.41) is 12.0. The predicted molar refractivity (Wildman–Crippen MR) is 134 cm³/mol. The van der Waals surface area contributed by atoms with Crippen LogP contribution in [0.5, 0.6) is 11.5 Å². The van der Waals surface area contributed by atoms with Gasteiger partial charge in [-0.1, -0.05) is 34.1 Å². The molecular formula is C25H20Br2N2O5. The summed E-state index contributed by atoms with van der Waals surface area (Å²) in [5.74, 6) is -1.30. The summed E-state index contributed by atoms with van der Waals surface area (Å²) >= 11 is 6.77. The second-order valence-electron chi connectivity index (χ2n) is 7.93. The first-order valence-electron chi connectivity index (χ1n) is 10.7. The number of hydrogen-bond donors (Lipinski definition) is 1. The number of halogens is 2. The molecule has 0 unspecified atom stereocenters. The molecule has 7 nitrogen and oxygen atoms in total. The van der Waals surface area contributed by atoms with Gasteiger partial charge in [0.05, 0.1) is 28.5 Å². The number of aromatic hydroxyl groups is 1. The molecule has 2 saturated heterocycles. The van der Waals surface area contributed by atoms with Crippen LogP contribution in [0.1, 0.15) is 18.5 Å². The van der Waals surface area contributed by atoms with E-state index in [2.05, 4.69) is 31.9 Å². The number of fused-ring (bicyclic) bond motifs is 1. The van der Waals surface area contributed by atoms with Gasteiger partial charge in [0.25, 0.3) is 5.91 Å². The molecule has 3 atom stereocenters. The number of phenolic OH excluding ortho intramolecular Hbond substituents is 1. The highest BCUT2D eigenvalue weighted by atomic mass is 79.9. The van der Waals surface area contributed by atoms with Gasteiger partial charge in [-0.15, -0.1) is 0 Å². The maximum Gasteiger partial charge on any atom is 0.266 e. The van der Waals surface area contributed by atoms with E-state index in [-0.39, 0.29) is 17.4 Å². The SMILES string of the molecule is CCOc1cc([C@@H]2[C@@H]3C(=O)N(c4ccc(Br)cc4)C(=O)[C@H]3ON2c2ccccc2)cc(Br)c1O. The Bertz CT molecular complexity index is 1250. The summed E-state index contributed by atoms with van der Waals surface area (Å²) in [6.07, 6.45) is -0.982. The highest BCUT2D eigenvalue weighted by Crippen LogP contribution is 2.49. The number of hydrogen-bond acceptors (Lipinski definition) is 6. The van der Waals surface area contributed by atoms with E-state index in [1.807, 2.05) is 37.3 Å². The minimum Gasteiger partial charge on any atom is -0.503 e. The Morgan fingerprint density at radius 3 is 2.35 bits per heavy atom. The van der Waals surface area contributed by atoms with Crippen LogP contribution >= 0.6 is 31.9 Å². The van der Waals surface area contributed by atoms with E-state index in [0.29, 0.717) is 28.0 Å². The molecule has 9 heteroatoms. The molecule has 1 N–H and O–H groups in total. The van der Waals surface area contributed by atoms with Crippen molar-refractivity contribution >= 4 is 55.0 Å². The smallest absolute Gasteiger partial charge is 0.266 e. The van der Waals surface area contributed by atoms with E-state index in [9.17, 15) is 14.7 Å². The molecule has 0 bridgehead atoms. The largest absolute Gasteiger partial charge is 0.503 e. The van der Waals surface area contributed by atoms with Crippen LogP contribution in [0.4, 0.5) is 11.4 Å². The van der Waals surface area contributed by atoms with Crippen molar-refractivity contribution < 1.29 is 24.3 Å². The zero-order chi connectivity index (χ0) is 24.0. The van der Waals surface area contributed by atoms with Crippen LogP contribution in [0.3, 0.4) is 0 Å². The minimum atomic E-state index is -0.982. The van der Waals surface area contributed by atoms with Crippen molar-refractivity contribution in [2.75, 3.05) is 16.6 Å². The minimum absolute atomic E-state index is 0.0300. The number of amides is 2. The van der Waals surface area contributed by atoms with Gasteiger partial charge in [0, 0.05) is 4.47 Å². The number of ether oxygens (including phenoxy) is 1. The van der Waals surface area contributed by atoms with E-state index in [1.54, 1.807) is 41.5 Å².